The van der Waals surface area contributed by atoms with Gasteiger partial charge in [-0.05, 0) is 11.1 Å². The zero-order valence-corrected chi connectivity index (χ0v) is 15.9. The Labute approximate surface area is 170 Å². The zero-order chi connectivity index (χ0) is 20.5. The second-order valence-electron chi connectivity index (χ2n) is 7.03. The Bertz CT molecular complexity index is 1430. The number of fused-ring (bicyclic) bond motifs is 1. The van der Waals surface area contributed by atoms with Gasteiger partial charge < -0.3 is 4.98 Å². The molecule has 0 aliphatic rings. The van der Waals surface area contributed by atoms with Gasteiger partial charge in [0, 0.05) is 6.20 Å². The average molecular weight is 398 g/mol. The van der Waals surface area contributed by atoms with Gasteiger partial charge in [-0.2, -0.15) is 5.10 Å². The van der Waals surface area contributed by atoms with Crippen LogP contribution in [0.25, 0.3) is 22.6 Å². The molecule has 8 nitrogen and oxygen atoms in total. The van der Waals surface area contributed by atoms with Gasteiger partial charge >= 0.3 is 5.69 Å². The number of aromatic amines is 2. The predicted octanol–water partition coefficient (Wildman–Crippen LogP) is 2.37. The van der Waals surface area contributed by atoms with Crippen LogP contribution >= 0.6 is 0 Å². The molecular weight excluding hydrogens is 380 g/mol. The van der Waals surface area contributed by atoms with Gasteiger partial charge in [-0.1, -0.05) is 60.7 Å². The number of benzene rings is 2. The molecule has 2 aromatic carbocycles. The lowest BCUT2D eigenvalue weighted by Crippen LogP contribution is -2.35. The molecular formula is C22H18N6O2. The summed E-state index contributed by atoms with van der Waals surface area (Å²) in [6.45, 7) is 0.816. The van der Waals surface area contributed by atoms with E-state index < -0.39 is 11.2 Å². The predicted molar refractivity (Wildman–Crippen MR) is 113 cm³/mol. The lowest BCUT2D eigenvalue weighted by atomic mass is 10.2. The van der Waals surface area contributed by atoms with Crippen molar-refractivity contribution in [2.75, 3.05) is 0 Å². The van der Waals surface area contributed by atoms with E-state index in [0.29, 0.717) is 12.4 Å². The molecule has 3 aromatic heterocycles. The van der Waals surface area contributed by atoms with Crippen molar-refractivity contribution in [1.82, 2.24) is 29.3 Å². The van der Waals surface area contributed by atoms with Crippen molar-refractivity contribution < 1.29 is 0 Å². The van der Waals surface area contributed by atoms with Gasteiger partial charge in [0.05, 0.1) is 24.8 Å². The third kappa shape index (κ3) is 3.35. The quantitative estimate of drug-likeness (QED) is 0.475. The molecule has 0 unspecified atom stereocenters. The van der Waals surface area contributed by atoms with E-state index in [-0.39, 0.29) is 17.7 Å². The number of rotatable bonds is 5. The van der Waals surface area contributed by atoms with Crippen LogP contribution in [-0.4, -0.2) is 29.3 Å². The molecule has 0 radical (unpaired) electrons. The van der Waals surface area contributed by atoms with Crippen molar-refractivity contribution in [3.63, 3.8) is 0 Å². The Balaban J connectivity index is 1.49. The van der Waals surface area contributed by atoms with Gasteiger partial charge in [0.15, 0.2) is 5.65 Å². The SMILES string of the molecule is O=c1[nH]c2nc(-c3cnn(Cc4ccccc4)c3)[nH]c2c(=O)n1Cc1ccccc1. The first-order valence-corrected chi connectivity index (χ1v) is 9.51. The summed E-state index contributed by atoms with van der Waals surface area (Å²) in [6.07, 6.45) is 3.53. The molecule has 148 valence electrons. The van der Waals surface area contributed by atoms with Crippen LogP contribution in [0.1, 0.15) is 11.1 Å². The first-order valence-electron chi connectivity index (χ1n) is 9.51. The summed E-state index contributed by atoms with van der Waals surface area (Å²) >= 11 is 0. The maximum atomic E-state index is 12.9. The van der Waals surface area contributed by atoms with Gasteiger partial charge in [-0.25, -0.2) is 9.78 Å². The van der Waals surface area contributed by atoms with Gasteiger partial charge in [0.2, 0.25) is 0 Å². The fraction of sp³-hybridized carbons (Fsp3) is 0.0909. The number of hydrogen-bond donors (Lipinski definition) is 2. The largest absolute Gasteiger partial charge is 0.332 e. The molecule has 30 heavy (non-hydrogen) atoms. The second kappa shape index (κ2) is 7.32. The topological polar surface area (TPSA) is 101 Å². The van der Waals surface area contributed by atoms with Crippen molar-refractivity contribution >= 4 is 11.2 Å². The molecule has 8 heteroatoms. The van der Waals surface area contributed by atoms with E-state index in [1.165, 1.54) is 4.57 Å². The summed E-state index contributed by atoms with van der Waals surface area (Å²) in [4.78, 5) is 35.5. The number of imidazole rings is 1. The van der Waals surface area contributed by atoms with Crippen LogP contribution in [0, 0.1) is 0 Å². The van der Waals surface area contributed by atoms with Crippen LogP contribution in [0.4, 0.5) is 0 Å². The molecule has 0 saturated heterocycles. The highest BCUT2D eigenvalue weighted by molar-refractivity contribution is 5.74. The number of nitrogens with zero attached hydrogens (tertiary/aromatic N) is 4. The average Bonchev–Trinajstić information content (AvgIpc) is 3.40. The van der Waals surface area contributed by atoms with Crippen molar-refractivity contribution in [3.8, 4) is 11.4 Å². The van der Waals surface area contributed by atoms with Crippen LogP contribution < -0.4 is 11.2 Å². The molecule has 0 aliphatic carbocycles. The van der Waals surface area contributed by atoms with Crippen LogP contribution in [0.15, 0.2) is 82.6 Å². The summed E-state index contributed by atoms with van der Waals surface area (Å²) in [7, 11) is 0. The molecule has 0 saturated carbocycles. The van der Waals surface area contributed by atoms with Gasteiger partial charge in [-0.15, -0.1) is 0 Å². The second-order valence-corrected chi connectivity index (χ2v) is 7.03. The molecule has 5 aromatic rings. The van der Waals surface area contributed by atoms with Crippen LogP contribution in [0.2, 0.25) is 0 Å². The van der Waals surface area contributed by atoms with E-state index >= 15 is 0 Å². The number of hydrogen-bond acceptors (Lipinski definition) is 4. The molecule has 0 amide bonds. The molecule has 0 aliphatic heterocycles. The van der Waals surface area contributed by atoms with Crippen molar-refractivity contribution in [2.45, 2.75) is 13.1 Å². The minimum atomic E-state index is -0.492. The first-order chi connectivity index (χ1) is 14.7. The molecule has 3 heterocycles. The minimum Gasteiger partial charge on any atom is -0.332 e. The molecule has 0 spiro atoms. The Morgan fingerprint density at radius 2 is 1.50 bits per heavy atom. The zero-order valence-electron chi connectivity index (χ0n) is 15.9. The van der Waals surface area contributed by atoms with Crippen molar-refractivity contribution in [2.24, 2.45) is 0 Å². The van der Waals surface area contributed by atoms with E-state index in [9.17, 15) is 9.59 Å². The van der Waals surface area contributed by atoms with Crippen molar-refractivity contribution in [1.29, 1.82) is 0 Å². The van der Waals surface area contributed by atoms with Crippen LogP contribution in [0.5, 0.6) is 0 Å². The van der Waals surface area contributed by atoms with E-state index in [2.05, 4.69) is 20.1 Å². The summed E-state index contributed by atoms with van der Waals surface area (Å²) in [5.41, 5.74) is 2.33. The minimum absolute atomic E-state index is 0.189. The molecule has 5 rings (SSSR count). The summed E-state index contributed by atoms with van der Waals surface area (Å²) in [6, 6.07) is 19.4. The maximum Gasteiger partial charge on any atom is 0.330 e. The molecule has 2 N–H and O–H groups in total. The monoisotopic (exact) mass is 398 g/mol. The lowest BCUT2D eigenvalue weighted by molar-refractivity contribution is 0.687. The summed E-state index contributed by atoms with van der Waals surface area (Å²) in [5, 5.41) is 4.37. The maximum absolute atomic E-state index is 12.9. The van der Waals surface area contributed by atoms with E-state index in [1.54, 1.807) is 10.9 Å². The van der Waals surface area contributed by atoms with E-state index in [1.807, 2.05) is 66.9 Å². The van der Waals surface area contributed by atoms with Crippen LogP contribution in [-0.2, 0) is 13.1 Å². The number of H-pyrrole nitrogens is 2. The normalized spacial score (nSPS) is 11.2. The van der Waals surface area contributed by atoms with Crippen molar-refractivity contribution in [3.05, 3.63) is 105 Å². The Morgan fingerprint density at radius 3 is 2.20 bits per heavy atom. The lowest BCUT2D eigenvalue weighted by Gasteiger charge is -2.04. The first kappa shape index (κ1) is 17.9. The Kier molecular flexibility index (Phi) is 4.36. The third-order valence-electron chi connectivity index (χ3n) is 4.91. The van der Waals surface area contributed by atoms with Gasteiger partial charge in [0.1, 0.15) is 11.3 Å². The third-order valence-corrected chi connectivity index (χ3v) is 4.91. The molecule has 0 atom stereocenters. The Hall–Kier alpha value is -4.20. The molecule has 0 bridgehead atoms. The fourth-order valence-electron chi connectivity index (χ4n) is 3.40. The summed E-state index contributed by atoms with van der Waals surface area (Å²) in [5.74, 6) is 0.481. The standard InChI is InChI=1S/C22H18N6O2/c29-21-18-20(26-22(30)28(21)13-16-9-5-2-6-10-16)25-19(24-18)17-11-23-27(14-17)12-15-7-3-1-4-8-15/h1-11,14H,12-13H2,(H,24,25)(H,26,30). The van der Waals surface area contributed by atoms with Gasteiger partial charge in [-0.3, -0.25) is 19.0 Å². The van der Waals surface area contributed by atoms with Crippen LogP contribution in [0.3, 0.4) is 0 Å². The highest BCUT2D eigenvalue weighted by Gasteiger charge is 2.14. The Morgan fingerprint density at radius 1 is 0.833 bits per heavy atom. The highest BCUT2D eigenvalue weighted by Crippen LogP contribution is 2.17. The number of aromatic nitrogens is 6. The van der Waals surface area contributed by atoms with E-state index in [0.717, 1.165) is 16.7 Å². The van der Waals surface area contributed by atoms with Gasteiger partial charge in [0.25, 0.3) is 5.56 Å². The summed E-state index contributed by atoms with van der Waals surface area (Å²) < 4.78 is 2.97. The highest BCUT2D eigenvalue weighted by atomic mass is 16.2. The smallest absolute Gasteiger partial charge is 0.330 e. The number of nitrogens with one attached hydrogen (secondary N) is 2. The fourth-order valence-corrected chi connectivity index (χ4v) is 3.40. The molecule has 0 fully saturated rings. The van der Waals surface area contributed by atoms with E-state index in [4.69, 9.17) is 0 Å².